The molecule has 0 radical (unpaired) electrons. The van der Waals surface area contributed by atoms with Crippen LogP contribution in [0.3, 0.4) is 0 Å². The molecule has 29 heavy (non-hydrogen) atoms. The fraction of sp³-hybridized carbons (Fsp3) is 0.364. The van der Waals surface area contributed by atoms with E-state index in [1.165, 1.54) is 0 Å². The van der Waals surface area contributed by atoms with Gasteiger partial charge in [0.2, 0.25) is 0 Å². The summed E-state index contributed by atoms with van der Waals surface area (Å²) in [6.07, 6.45) is -0.134. The summed E-state index contributed by atoms with van der Waals surface area (Å²) in [4.78, 5) is 27.6. The van der Waals surface area contributed by atoms with Crippen molar-refractivity contribution in [2.24, 2.45) is 0 Å². The Balaban J connectivity index is 1.56. The number of phenols is 1. The van der Waals surface area contributed by atoms with Crippen LogP contribution < -0.4 is 15.0 Å². The largest absolute Gasteiger partial charge is 0.507 e. The Morgan fingerprint density at radius 2 is 1.93 bits per heavy atom. The van der Waals surface area contributed by atoms with Gasteiger partial charge < -0.3 is 24.8 Å². The number of fused-ring (bicyclic) bond motifs is 1. The average Bonchev–Trinajstić information content (AvgIpc) is 2.72. The van der Waals surface area contributed by atoms with Crippen LogP contribution in [0, 0.1) is 0 Å². The van der Waals surface area contributed by atoms with Crippen LogP contribution in [0.1, 0.15) is 29.3 Å². The van der Waals surface area contributed by atoms with Gasteiger partial charge in [-0.1, -0.05) is 30.3 Å². The van der Waals surface area contributed by atoms with Crippen LogP contribution in [0.4, 0.5) is 5.69 Å². The molecule has 1 fully saturated rings. The number of carbonyl (C=O) groups is 2. The number of morpholine rings is 1. The molecular weight excluding hydrogens is 372 g/mol. The molecule has 2 N–H and O–H groups in total. The molecule has 2 aromatic rings. The number of benzene rings is 2. The van der Waals surface area contributed by atoms with Gasteiger partial charge >= 0.3 is 0 Å². The lowest BCUT2D eigenvalue weighted by molar-refractivity contribution is -0.136. The van der Waals surface area contributed by atoms with Crippen molar-refractivity contribution < 1.29 is 24.2 Å². The molecule has 0 aliphatic carbocycles. The molecule has 1 unspecified atom stereocenters. The molecular formula is C22H24N2O5. The first-order valence-electron chi connectivity index (χ1n) is 9.70. The fourth-order valence-electron chi connectivity index (χ4n) is 3.72. The number of ether oxygens (including phenoxy) is 2. The molecule has 0 saturated carbocycles. The molecule has 2 aliphatic rings. The third-order valence-corrected chi connectivity index (χ3v) is 5.33. The van der Waals surface area contributed by atoms with Crippen LogP contribution >= 0.6 is 0 Å². The molecule has 0 aromatic heterocycles. The number of hydrogen-bond donors (Lipinski definition) is 2. The number of amides is 1. The number of Topliss-reactive ketones (excluding diaryl/α,β-unsaturated/α-hetero) is 1. The van der Waals surface area contributed by atoms with E-state index in [4.69, 9.17) is 9.47 Å². The standard InChI is InChI=1S/C22H24N2O5/c1-22(21(27)23-14-15-5-3-2-4-6-15)13-18(26)20-17(25)11-16(12-19(20)29-22)24-7-9-28-10-8-24/h2-6,11-12,25H,7-10,13-14H2,1H3,(H,23,27). The van der Waals surface area contributed by atoms with Crippen LogP contribution in [-0.2, 0) is 16.1 Å². The van der Waals surface area contributed by atoms with Crippen LogP contribution in [0.5, 0.6) is 11.5 Å². The highest BCUT2D eigenvalue weighted by Crippen LogP contribution is 2.41. The van der Waals surface area contributed by atoms with E-state index in [1.807, 2.05) is 30.3 Å². The predicted molar refractivity (Wildman–Crippen MR) is 107 cm³/mol. The van der Waals surface area contributed by atoms with Crippen LogP contribution in [-0.4, -0.2) is 48.7 Å². The zero-order valence-electron chi connectivity index (χ0n) is 16.3. The number of nitrogens with one attached hydrogen (secondary N) is 1. The highest BCUT2D eigenvalue weighted by molar-refractivity contribution is 6.06. The summed E-state index contributed by atoms with van der Waals surface area (Å²) in [6, 6.07) is 12.8. The Hall–Kier alpha value is -3.06. The Morgan fingerprint density at radius 1 is 1.21 bits per heavy atom. The molecule has 7 nitrogen and oxygen atoms in total. The zero-order valence-corrected chi connectivity index (χ0v) is 16.3. The van der Waals surface area contributed by atoms with E-state index in [9.17, 15) is 14.7 Å². The molecule has 7 heteroatoms. The molecule has 4 rings (SSSR count). The first-order chi connectivity index (χ1) is 14.0. The molecule has 1 saturated heterocycles. The summed E-state index contributed by atoms with van der Waals surface area (Å²) in [6.45, 7) is 4.50. The average molecular weight is 396 g/mol. The van der Waals surface area contributed by atoms with Gasteiger partial charge in [-0.05, 0) is 12.5 Å². The Morgan fingerprint density at radius 3 is 2.66 bits per heavy atom. The number of rotatable bonds is 4. The minimum Gasteiger partial charge on any atom is -0.507 e. The van der Waals surface area contributed by atoms with Crippen molar-refractivity contribution in [1.29, 1.82) is 0 Å². The topological polar surface area (TPSA) is 88.1 Å². The Kier molecular flexibility index (Phi) is 5.15. The summed E-state index contributed by atoms with van der Waals surface area (Å²) in [5.74, 6) is -0.563. The highest BCUT2D eigenvalue weighted by atomic mass is 16.5. The summed E-state index contributed by atoms with van der Waals surface area (Å²) in [5.41, 5.74) is 0.496. The van der Waals surface area contributed by atoms with Gasteiger partial charge in [0.05, 0.1) is 19.6 Å². The number of ketones is 1. The second-order valence-electron chi connectivity index (χ2n) is 7.54. The SMILES string of the molecule is CC1(C(=O)NCc2ccccc2)CC(=O)c2c(O)cc(N3CCOCC3)cc2O1. The van der Waals surface area contributed by atoms with E-state index in [-0.39, 0.29) is 35.2 Å². The van der Waals surface area contributed by atoms with Gasteiger partial charge in [-0.3, -0.25) is 9.59 Å². The third-order valence-electron chi connectivity index (χ3n) is 5.33. The number of aromatic hydroxyl groups is 1. The van der Waals surface area contributed by atoms with Gasteiger partial charge in [-0.15, -0.1) is 0 Å². The summed E-state index contributed by atoms with van der Waals surface area (Å²) in [5, 5.41) is 13.3. The van der Waals surface area contributed by atoms with Crippen molar-refractivity contribution in [1.82, 2.24) is 5.32 Å². The normalized spacial score (nSPS) is 21.3. The van der Waals surface area contributed by atoms with E-state index in [2.05, 4.69) is 10.2 Å². The monoisotopic (exact) mass is 396 g/mol. The molecule has 0 bridgehead atoms. The quantitative estimate of drug-likeness (QED) is 0.824. The lowest BCUT2D eigenvalue weighted by atomic mass is 9.90. The molecule has 0 spiro atoms. The number of hydrogen-bond acceptors (Lipinski definition) is 6. The lowest BCUT2D eigenvalue weighted by Gasteiger charge is -2.35. The number of phenolic OH excluding ortho intramolecular Hbond substituents is 1. The fourth-order valence-corrected chi connectivity index (χ4v) is 3.72. The minimum atomic E-state index is -1.34. The molecule has 2 aliphatic heterocycles. The summed E-state index contributed by atoms with van der Waals surface area (Å²) in [7, 11) is 0. The first kappa shape index (κ1) is 19.3. The van der Waals surface area contributed by atoms with Gasteiger partial charge in [-0.2, -0.15) is 0 Å². The van der Waals surface area contributed by atoms with Gasteiger partial charge in [0.15, 0.2) is 11.4 Å². The molecule has 1 amide bonds. The third kappa shape index (κ3) is 3.91. The maximum atomic E-state index is 12.8. The van der Waals surface area contributed by atoms with E-state index in [1.54, 1.807) is 19.1 Å². The van der Waals surface area contributed by atoms with E-state index in [0.717, 1.165) is 11.3 Å². The van der Waals surface area contributed by atoms with Gasteiger partial charge in [-0.25, -0.2) is 0 Å². The molecule has 1 atom stereocenters. The first-order valence-corrected chi connectivity index (χ1v) is 9.70. The van der Waals surface area contributed by atoms with Crippen LogP contribution in [0.25, 0.3) is 0 Å². The second kappa shape index (κ2) is 7.75. The van der Waals surface area contributed by atoms with Crippen molar-refractivity contribution in [3.8, 4) is 11.5 Å². The maximum absolute atomic E-state index is 12.8. The van der Waals surface area contributed by atoms with Crippen molar-refractivity contribution in [2.75, 3.05) is 31.2 Å². The maximum Gasteiger partial charge on any atom is 0.264 e. The van der Waals surface area contributed by atoms with E-state index >= 15 is 0 Å². The minimum absolute atomic E-state index is 0.124. The van der Waals surface area contributed by atoms with Crippen LogP contribution in [0.15, 0.2) is 42.5 Å². The van der Waals surface area contributed by atoms with Crippen LogP contribution in [0.2, 0.25) is 0 Å². The zero-order chi connectivity index (χ0) is 20.4. The molecule has 2 aromatic carbocycles. The van der Waals surface area contributed by atoms with E-state index in [0.29, 0.717) is 32.8 Å². The number of nitrogens with zero attached hydrogens (tertiary/aromatic N) is 1. The van der Waals surface area contributed by atoms with Gasteiger partial charge in [0.25, 0.3) is 5.91 Å². The summed E-state index contributed by atoms with van der Waals surface area (Å²) >= 11 is 0. The summed E-state index contributed by atoms with van der Waals surface area (Å²) < 4.78 is 11.4. The van der Waals surface area contributed by atoms with Crippen molar-refractivity contribution in [2.45, 2.75) is 25.5 Å². The Labute approximate surface area is 169 Å². The number of carbonyl (C=O) groups excluding carboxylic acids is 2. The number of anilines is 1. The molecule has 2 heterocycles. The van der Waals surface area contributed by atoms with Gasteiger partial charge in [0, 0.05) is 37.5 Å². The second-order valence-corrected chi connectivity index (χ2v) is 7.54. The lowest BCUT2D eigenvalue weighted by Crippen LogP contribution is -2.52. The van der Waals surface area contributed by atoms with Crippen molar-refractivity contribution in [3.05, 3.63) is 53.6 Å². The van der Waals surface area contributed by atoms with Crippen molar-refractivity contribution in [3.63, 3.8) is 0 Å². The highest BCUT2D eigenvalue weighted by Gasteiger charge is 2.44. The van der Waals surface area contributed by atoms with Gasteiger partial charge in [0.1, 0.15) is 17.1 Å². The van der Waals surface area contributed by atoms with Crippen molar-refractivity contribution >= 4 is 17.4 Å². The molecule has 152 valence electrons. The Bertz CT molecular complexity index is 924. The van der Waals surface area contributed by atoms with E-state index < -0.39 is 5.60 Å². The predicted octanol–water partition coefficient (Wildman–Crippen LogP) is 2.27. The smallest absolute Gasteiger partial charge is 0.264 e.